The van der Waals surface area contributed by atoms with E-state index < -0.39 is 5.54 Å². The number of hydrogen-bond donors (Lipinski definition) is 2. The molecule has 2 unspecified atom stereocenters. The highest BCUT2D eigenvalue weighted by Gasteiger charge is 2.50. The van der Waals surface area contributed by atoms with Gasteiger partial charge in [0, 0.05) is 18.6 Å². The van der Waals surface area contributed by atoms with E-state index in [1.54, 1.807) is 7.11 Å². The van der Waals surface area contributed by atoms with E-state index in [1.807, 2.05) is 13.8 Å². The normalized spacial score (nSPS) is 27.4. The SMILES string of the molecule is CCC(N)(CC)C(=O)NC1CC(OC)C1(C)C. The Morgan fingerprint density at radius 2 is 2.00 bits per heavy atom. The maximum absolute atomic E-state index is 12.1. The Morgan fingerprint density at radius 1 is 1.47 bits per heavy atom. The minimum absolute atomic E-state index is 0.00714. The molecule has 17 heavy (non-hydrogen) atoms. The summed E-state index contributed by atoms with van der Waals surface area (Å²) in [4.78, 5) is 12.1. The van der Waals surface area contributed by atoms with Crippen LogP contribution in [0.1, 0.15) is 47.0 Å². The molecule has 4 heteroatoms. The summed E-state index contributed by atoms with van der Waals surface area (Å²) in [6.07, 6.45) is 2.42. The standard InChI is InChI=1S/C13H26N2O2/c1-6-13(14,7-2)11(16)15-9-8-10(17-5)12(9,3)4/h9-10H,6-8,14H2,1-5H3,(H,15,16). The summed E-state index contributed by atoms with van der Waals surface area (Å²) in [7, 11) is 1.72. The van der Waals surface area contributed by atoms with Crippen LogP contribution in [0.25, 0.3) is 0 Å². The molecular weight excluding hydrogens is 216 g/mol. The second-order valence-corrected chi connectivity index (χ2v) is 5.67. The molecule has 1 saturated carbocycles. The number of methoxy groups -OCH3 is 1. The lowest BCUT2D eigenvalue weighted by molar-refractivity contribution is -0.137. The van der Waals surface area contributed by atoms with Gasteiger partial charge in [-0.1, -0.05) is 27.7 Å². The topological polar surface area (TPSA) is 64.4 Å². The number of carbonyl (C=O) groups is 1. The van der Waals surface area contributed by atoms with Crippen molar-refractivity contribution < 1.29 is 9.53 Å². The maximum atomic E-state index is 12.1. The van der Waals surface area contributed by atoms with Gasteiger partial charge >= 0.3 is 0 Å². The largest absolute Gasteiger partial charge is 0.381 e. The highest BCUT2D eigenvalue weighted by Crippen LogP contribution is 2.42. The lowest BCUT2D eigenvalue weighted by atomic mass is 9.64. The van der Waals surface area contributed by atoms with Gasteiger partial charge in [-0.15, -0.1) is 0 Å². The van der Waals surface area contributed by atoms with Gasteiger partial charge in [0.25, 0.3) is 0 Å². The monoisotopic (exact) mass is 242 g/mol. The van der Waals surface area contributed by atoms with Crippen molar-refractivity contribution in [3.63, 3.8) is 0 Å². The minimum Gasteiger partial charge on any atom is -0.381 e. The van der Waals surface area contributed by atoms with Gasteiger partial charge < -0.3 is 15.8 Å². The fourth-order valence-electron chi connectivity index (χ4n) is 2.40. The van der Waals surface area contributed by atoms with Crippen molar-refractivity contribution >= 4 is 5.91 Å². The lowest BCUT2D eigenvalue weighted by Crippen LogP contribution is -2.65. The summed E-state index contributed by atoms with van der Waals surface area (Å²) in [5.41, 5.74) is 5.34. The number of amides is 1. The van der Waals surface area contributed by atoms with Crippen LogP contribution in [0.5, 0.6) is 0 Å². The molecule has 1 amide bonds. The fraction of sp³-hybridized carbons (Fsp3) is 0.923. The molecule has 0 spiro atoms. The Morgan fingerprint density at radius 3 is 2.35 bits per heavy atom. The first-order valence-electron chi connectivity index (χ1n) is 6.44. The number of ether oxygens (including phenoxy) is 1. The van der Waals surface area contributed by atoms with Crippen molar-refractivity contribution in [1.82, 2.24) is 5.32 Å². The van der Waals surface area contributed by atoms with E-state index >= 15 is 0 Å². The van der Waals surface area contributed by atoms with Crippen LogP contribution in [0.15, 0.2) is 0 Å². The van der Waals surface area contributed by atoms with Gasteiger partial charge in [0.1, 0.15) is 0 Å². The second-order valence-electron chi connectivity index (χ2n) is 5.67. The van der Waals surface area contributed by atoms with E-state index in [0.717, 1.165) is 6.42 Å². The highest BCUT2D eigenvalue weighted by atomic mass is 16.5. The van der Waals surface area contributed by atoms with E-state index in [2.05, 4.69) is 19.2 Å². The summed E-state index contributed by atoms with van der Waals surface area (Å²) < 4.78 is 5.37. The number of nitrogens with two attached hydrogens (primary N) is 1. The van der Waals surface area contributed by atoms with E-state index in [4.69, 9.17) is 10.5 Å². The van der Waals surface area contributed by atoms with Crippen molar-refractivity contribution in [2.24, 2.45) is 11.1 Å². The molecular formula is C13H26N2O2. The van der Waals surface area contributed by atoms with Crippen LogP contribution in [0, 0.1) is 5.41 Å². The molecule has 1 fully saturated rings. The predicted molar refractivity (Wildman–Crippen MR) is 68.6 cm³/mol. The molecule has 0 radical (unpaired) electrons. The predicted octanol–water partition coefficient (Wildman–Crippen LogP) is 1.43. The highest BCUT2D eigenvalue weighted by molar-refractivity contribution is 5.86. The van der Waals surface area contributed by atoms with Gasteiger partial charge in [-0.3, -0.25) is 4.79 Å². The van der Waals surface area contributed by atoms with Crippen LogP contribution in [0.4, 0.5) is 0 Å². The molecule has 1 aliphatic carbocycles. The first-order valence-corrected chi connectivity index (χ1v) is 6.44. The molecule has 100 valence electrons. The number of nitrogens with one attached hydrogen (secondary N) is 1. The third-order valence-electron chi connectivity index (χ3n) is 4.48. The lowest BCUT2D eigenvalue weighted by Gasteiger charge is -2.51. The summed E-state index contributed by atoms with van der Waals surface area (Å²) in [5, 5.41) is 3.07. The van der Waals surface area contributed by atoms with Gasteiger partial charge in [-0.25, -0.2) is 0 Å². The number of rotatable bonds is 5. The van der Waals surface area contributed by atoms with Crippen molar-refractivity contribution in [3.05, 3.63) is 0 Å². The van der Waals surface area contributed by atoms with Crippen molar-refractivity contribution in [2.45, 2.75) is 64.6 Å². The van der Waals surface area contributed by atoms with E-state index in [1.165, 1.54) is 0 Å². The van der Waals surface area contributed by atoms with Crippen molar-refractivity contribution in [1.29, 1.82) is 0 Å². The molecule has 4 nitrogen and oxygen atoms in total. The second kappa shape index (κ2) is 4.94. The Labute approximate surface area is 104 Å². The van der Waals surface area contributed by atoms with Crippen LogP contribution < -0.4 is 11.1 Å². The third kappa shape index (κ3) is 2.47. The van der Waals surface area contributed by atoms with E-state index in [9.17, 15) is 4.79 Å². The molecule has 1 rings (SSSR count). The van der Waals surface area contributed by atoms with Crippen LogP contribution in [0.3, 0.4) is 0 Å². The summed E-state index contributed by atoms with van der Waals surface area (Å²) in [6.45, 7) is 8.14. The molecule has 0 aromatic carbocycles. The maximum Gasteiger partial charge on any atom is 0.240 e. The molecule has 2 atom stereocenters. The Balaban J connectivity index is 2.60. The molecule has 0 aromatic rings. The number of carbonyl (C=O) groups excluding carboxylic acids is 1. The van der Waals surface area contributed by atoms with Crippen LogP contribution in [-0.2, 0) is 9.53 Å². The fourth-order valence-corrected chi connectivity index (χ4v) is 2.40. The first-order chi connectivity index (χ1) is 7.81. The Bertz CT molecular complexity index is 285. The molecule has 0 bridgehead atoms. The summed E-state index contributed by atoms with van der Waals surface area (Å²) in [6, 6.07) is 0.168. The van der Waals surface area contributed by atoms with Gasteiger partial charge in [-0.05, 0) is 19.3 Å². The number of hydrogen-bond acceptors (Lipinski definition) is 3. The summed E-state index contributed by atoms with van der Waals surface area (Å²) in [5.74, 6) is -0.0323. The molecule has 0 saturated heterocycles. The third-order valence-corrected chi connectivity index (χ3v) is 4.48. The smallest absolute Gasteiger partial charge is 0.240 e. The molecule has 0 aromatic heterocycles. The average molecular weight is 242 g/mol. The quantitative estimate of drug-likeness (QED) is 0.766. The first kappa shape index (κ1) is 14.5. The molecule has 0 heterocycles. The molecule has 3 N–H and O–H groups in total. The zero-order chi connectivity index (χ0) is 13.3. The van der Waals surface area contributed by atoms with E-state index in [-0.39, 0.29) is 23.5 Å². The molecule has 0 aliphatic heterocycles. The van der Waals surface area contributed by atoms with Crippen LogP contribution >= 0.6 is 0 Å². The van der Waals surface area contributed by atoms with Gasteiger partial charge in [0.05, 0.1) is 11.6 Å². The van der Waals surface area contributed by atoms with Gasteiger partial charge in [0.2, 0.25) is 5.91 Å². The Kier molecular flexibility index (Phi) is 4.20. The van der Waals surface area contributed by atoms with Crippen LogP contribution in [-0.4, -0.2) is 30.7 Å². The van der Waals surface area contributed by atoms with E-state index in [0.29, 0.717) is 12.8 Å². The average Bonchev–Trinajstić information content (AvgIpc) is 2.32. The van der Waals surface area contributed by atoms with Crippen LogP contribution in [0.2, 0.25) is 0 Å². The zero-order valence-corrected chi connectivity index (χ0v) is 11.7. The van der Waals surface area contributed by atoms with Gasteiger partial charge in [0.15, 0.2) is 0 Å². The zero-order valence-electron chi connectivity index (χ0n) is 11.7. The minimum atomic E-state index is -0.728. The summed E-state index contributed by atoms with van der Waals surface area (Å²) >= 11 is 0. The van der Waals surface area contributed by atoms with Gasteiger partial charge in [-0.2, -0.15) is 0 Å². The molecule has 1 aliphatic rings. The Hall–Kier alpha value is -0.610. The van der Waals surface area contributed by atoms with Crippen molar-refractivity contribution in [3.8, 4) is 0 Å². The van der Waals surface area contributed by atoms with Crippen molar-refractivity contribution in [2.75, 3.05) is 7.11 Å².